The first-order valence-corrected chi connectivity index (χ1v) is 18.4. The molecule has 0 aromatic heterocycles. The number of hydrogen-bond acceptors (Lipinski definition) is 5. The fourth-order valence-corrected chi connectivity index (χ4v) is 6.94. The molecule has 5 nitrogen and oxygen atoms in total. The summed E-state index contributed by atoms with van der Waals surface area (Å²) in [4.78, 5) is 30.9. The van der Waals surface area contributed by atoms with Crippen molar-refractivity contribution >= 4 is 11.6 Å². The number of Topliss-reactive ketones (excluding diaryl/α,β-unsaturated/α-hetero) is 2. The first-order valence-electron chi connectivity index (χ1n) is 18.4. The van der Waals surface area contributed by atoms with Crippen molar-refractivity contribution in [1.82, 2.24) is 14.7 Å². The molecule has 0 saturated carbocycles. The second kappa shape index (κ2) is 21.1. The summed E-state index contributed by atoms with van der Waals surface area (Å²) in [6, 6.07) is 2.06. The van der Waals surface area contributed by atoms with Crippen LogP contribution in [0.2, 0.25) is 0 Å². The predicted octanol–water partition coefficient (Wildman–Crippen LogP) is 8.60. The molecule has 0 atom stereocenters. The highest BCUT2D eigenvalue weighted by Gasteiger charge is 2.27. The molecule has 0 spiro atoms. The van der Waals surface area contributed by atoms with E-state index in [9.17, 15) is 9.59 Å². The fraction of sp³-hybridized carbons (Fsp3) is 0.947. The third-order valence-electron chi connectivity index (χ3n) is 10.2. The van der Waals surface area contributed by atoms with Gasteiger partial charge in [0.1, 0.15) is 11.6 Å². The zero-order chi connectivity index (χ0) is 32.7. The lowest BCUT2D eigenvalue weighted by atomic mass is 9.87. The zero-order valence-electron chi connectivity index (χ0n) is 31.0. The van der Waals surface area contributed by atoms with Gasteiger partial charge in [-0.1, -0.05) is 41.5 Å². The van der Waals surface area contributed by atoms with Gasteiger partial charge in [-0.15, -0.1) is 0 Å². The molecule has 3 aliphatic rings. The lowest BCUT2D eigenvalue weighted by Gasteiger charge is -2.35. The number of rotatable bonds is 11. The van der Waals surface area contributed by atoms with E-state index >= 15 is 0 Å². The Bertz CT molecular complexity index is 736. The van der Waals surface area contributed by atoms with Crippen LogP contribution in [0.1, 0.15) is 141 Å². The van der Waals surface area contributed by atoms with E-state index < -0.39 is 0 Å². The van der Waals surface area contributed by atoms with E-state index in [0.29, 0.717) is 29.6 Å². The van der Waals surface area contributed by atoms with Gasteiger partial charge in [0, 0.05) is 42.3 Å². The highest BCUT2D eigenvalue weighted by Crippen LogP contribution is 2.26. The number of carbonyl (C=O) groups excluding carboxylic acids is 2. The molecule has 43 heavy (non-hydrogen) atoms. The fourth-order valence-electron chi connectivity index (χ4n) is 6.94. The monoisotopic (exact) mass is 606 g/mol. The molecule has 0 bridgehead atoms. The third-order valence-corrected chi connectivity index (χ3v) is 10.2. The van der Waals surface area contributed by atoms with E-state index in [1.165, 1.54) is 58.3 Å². The minimum Gasteiger partial charge on any atom is -0.301 e. The van der Waals surface area contributed by atoms with Crippen LogP contribution in [0.15, 0.2) is 0 Å². The van der Waals surface area contributed by atoms with Crippen molar-refractivity contribution in [2.75, 3.05) is 39.3 Å². The highest BCUT2D eigenvalue weighted by atomic mass is 16.1. The second-order valence-electron chi connectivity index (χ2n) is 15.9. The molecule has 3 saturated heterocycles. The maximum Gasteiger partial charge on any atom is 0.138 e. The van der Waals surface area contributed by atoms with Gasteiger partial charge >= 0.3 is 0 Å². The number of likely N-dealkylation sites (tertiary alicyclic amines) is 3. The largest absolute Gasteiger partial charge is 0.301 e. The van der Waals surface area contributed by atoms with E-state index in [0.717, 1.165) is 62.6 Å². The van der Waals surface area contributed by atoms with Gasteiger partial charge in [0.25, 0.3) is 0 Å². The van der Waals surface area contributed by atoms with Crippen molar-refractivity contribution in [3.63, 3.8) is 0 Å². The van der Waals surface area contributed by atoms with Crippen LogP contribution >= 0.6 is 0 Å². The number of ketones is 2. The highest BCUT2D eigenvalue weighted by molar-refractivity contribution is 5.82. The van der Waals surface area contributed by atoms with Crippen LogP contribution in [-0.2, 0) is 9.59 Å². The molecule has 5 heteroatoms. The molecule has 0 aromatic carbocycles. The Morgan fingerprint density at radius 2 is 0.907 bits per heavy atom. The lowest BCUT2D eigenvalue weighted by Crippen LogP contribution is -2.40. The van der Waals surface area contributed by atoms with Crippen molar-refractivity contribution in [2.24, 2.45) is 35.5 Å². The van der Waals surface area contributed by atoms with Gasteiger partial charge in [0.05, 0.1) is 0 Å². The maximum absolute atomic E-state index is 11.8. The molecular weight excluding hydrogens is 530 g/mol. The molecule has 0 aliphatic carbocycles. The molecule has 0 radical (unpaired) electrons. The van der Waals surface area contributed by atoms with Gasteiger partial charge in [-0.3, -0.25) is 9.59 Å². The lowest BCUT2D eigenvalue weighted by molar-refractivity contribution is -0.127. The first kappa shape index (κ1) is 40.2. The summed E-state index contributed by atoms with van der Waals surface area (Å²) in [5.74, 6) is 4.36. The Hall–Kier alpha value is -0.780. The van der Waals surface area contributed by atoms with Crippen molar-refractivity contribution in [3.05, 3.63) is 0 Å². The number of piperidine rings is 3. The minimum absolute atomic E-state index is 0.214. The van der Waals surface area contributed by atoms with Gasteiger partial charge in [-0.2, -0.15) is 0 Å². The van der Waals surface area contributed by atoms with Gasteiger partial charge < -0.3 is 14.7 Å². The summed E-state index contributed by atoms with van der Waals surface area (Å²) in [5, 5.41) is 0. The predicted molar refractivity (Wildman–Crippen MR) is 187 cm³/mol. The number of nitrogens with zero attached hydrogens (tertiary/aromatic N) is 3. The third kappa shape index (κ3) is 16.4. The molecule has 3 fully saturated rings. The topological polar surface area (TPSA) is 43.9 Å². The number of carbonyl (C=O) groups is 2. The Labute approximate surface area is 269 Å². The van der Waals surface area contributed by atoms with E-state index in [4.69, 9.17) is 0 Å². The van der Waals surface area contributed by atoms with Gasteiger partial charge in [-0.25, -0.2) is 0 Å². The van der Waals surface area contributed by atoms with Crippen LogP contribution in [0.4, 0.5) is 0 Å². The van der Waals surface area contributed by atoms with Gasteiger partial charge in [-0.05, 0) is 150 Å². The molecule has 0 amide bonds. The summed E-state index contributed by atoms with van der Waals surface area (Å²) in [6.07, 6.45) is 10.9. The maximum atomic E-state index is 11.8. The van der Waals surface area contributed by atoms with Crippen molar-refractivity contribution in [3.8, 4) is 0 Å². The Kier molecular flexibility index (Phi) is 19.7. The molecule has 3 aliphatic heterocycles. The minimum atomic E-state index is 0.214. The Balaban J connectivity index is 0.000000324. The zero-order valence-corrected chi connectivity index (χ0v) is 31.0. The van der Waals surface area contributed by atoms with E-state index in [1.807, 2.05) is 27.7 Å². The average Bonchev–Trinajstić information content (AvgIpc) is 2.96. The van der Waals surface area contributed by atoms with Crippen LogP contribution in [-0.4, -0.2) is 83.7 Å². The molecule has 0 aromatic rings. The molecule has 3 heterocycles. The molecule has 254 valence electrons. The normalized spacial score (nSPS) is 20.6. The first-order chi connectivity index (χ1) is 20.1. The summed E-state index contributed by atoms with van der Waals surface area (Å²) in [6.45, 7) is 33.6. The molecule has 3 rings (SSSR count). The standard InChI is InChI=1S/C14H27NO.C12H23NO.C12H25N/c1-11(2)14(16)6-5-13-7-9-15(10-8-13)12(3)4;1-9(2)12(14)11-5-7-13(8-6-11)10(3)4;1-10(2)9-12-5-7-13(8-6-12)11(3)4/h11-13H,5-10H2,1-4H3;9-11H,5-8H2,1-4H3;10-12H,5-9H2,1-4H3. The van der Waals surface area contributed by atoms with E-state index in [-0.39, 0.29) is 11.8 Å². The van der Waals surface area contributed by atoms with Crippen LogP contribution in [0, 0.1) is 35.5 Å². The van der Waals surface area contributed by atoms with Crippen molar-refractivity contribution in [1.29, 1.82) is 0 Å². The average molecular weight is 606 g/mol. The summed E-state index contributed by atoms with van der Waals surface area (Å²) < 4.78 is 0. The summed E-state index contributed by atoms with van der Waals surface area (Å²) >= 11 is 0. The molecule has 0 N–H and O–H groups in total. The van der Waals surface area contributed by atoms with Crippen molar-refractivity contribution in [2.45, 2.75) is 159 Å². The Morgan fingerprint density at radius 1 is 0.535 bits per heavy atom. The Morgan fingerprint density at radius 3 is 1.23 bits per heavy atom. The molecule has 0 unspecified atom stereocenters. The van der Waals surface area contributed by atoms with Gasteiger partial charge in [0.2, 0.25) is 0 Å². The molecular formula is C38H75N3O2. The van der Waals surface area contributed by atoms with E-state index in [2.05, 4.69) is 70.1 Å². The van der Waals surface area contributed by atoms with E-state index in [1.54, 1.807) is 0 Å². The summed E-state index contributed by atoms with van der Waals surface area (Å²) in [5.41, 5.74) is 0. The van der Waals surface area contributed by atoms with Crippen LogP contribution in [0.5, 0.6) is 0 Å². The van der Waals surface area contributed by atoms with Gasteiger partial charge in [0.15, 0.2) is 0 Å². The number of hydrogen-bond donors (Lipinski definition) is 0. The van der Waals surface area contributed by atoms with Crippen molar-refractivity contribution < 1.29 is 9.59 Å². The smallest absolute Gasteiger partial charge is 0.138 e. The second-order valence-corrected chi connectivity index (χ2v) is 15.9. The summed E-state index contributed by atoms with van der Waals surface area (Å²) in [7, 11) is 0. The SMILES string of the molecule is CC(C)C(=O)C1CCN(C(C)C)CC1.CC(C)C(=O)CCC1CCN(C(C)C)CC1.CC(C)CC1CCN(C(C)C)CC1. The van der Waals surface area contributed by atoms with Crippen LogP contribution in [0.3, 0.4) is 0 Å². The van der Waals surface area contributed by atoms with Crippen LogP contribution in [0.25, 0.3) is 0 Å². The quantitative estimate of drug-likeness (QED) is 0.236. The van der Waals surface area contributed by atoms with Crippen LogP contribution < -0.4 is 0 Å².